The van der Waals surface area contributed by atoms with Gasteiger partial charge in [0.15, 0.2) is 17.7 Å². The van der Waals surface area contributed by atoms with E-state index < -0.39 is 23.9 Å². The van der Waals surface area contributed by atoms with Crippen molar-refractivity contribution in [3.8, 4) is 5.75 Å². The van der Waals surface area contributed by atoms with E-state index in [2.05, 4.69) is 10.6 Å². The molecule has 120 valence electrons. The maximum Gasteiger partial charge on any atom is 0.262 e. The van der Waals surface area contributed by atoms with Crippen LogP contribution in [0.4, 0.5) is 4.39 Å². The first-order chi connectivity index (χ1) is 10.4. The molecule has 5 nitrogen and oxygen atoms in total. The summed E-state index contributed by atoms with van der Waals surface area (Å²) in [5.74, 6) is -0.740. The fourth-order valence-electron chi connectivity index (χ4n) is 2.52. The average Bonchev–Trinajstić information content (AvgIpc) is 2.91. The number of fused-ring (bicyclic) bond motifs is 1. The summed E-state index contributed by atoms with van der Waals surface area (Å²) in [5.41, 5.74) is 0.667. The van der Waals surface area contributed by atoms with Crippen molar-refractivity contribution in [3.05, 3.63) is 29.6 Å². The highest BCUT2D eigenvalue weighted by Gasteiger charge is 2.33. The molecule has 2 atom stereocenters. The van der Waals surface area contributed by atoms with Gasteiger partial charge in [-0.2, -0.15) is 0 Å². The number of rotatable bonds is 5. The lowest BCUT2D eigenvalue weighted by Gasteiger charge is -2.21. The molecule has 0 aliphatic carbocycles. The van der Waals surface area contributed by atoms with Crippen LogP contribution in [0.5, 0.6) is 5.75 Å². The van der Waals surface area contributed by atoms with Gasteiger partial charge in [-0.15, -0.1) is 0 Å². The number of carbonyl (C=O) groups is 2. The number of nitrogens with one attached hydrogen (secondary N) is 2. The number of likely N-dealkylation sites (N-methyl/N-ethyl adjacent to an activating group) is 1. The quantitative estimate of drug-likeness (QED) is 0.864. The summed E-state index contributed by atoms with van der Waals surface area (Å²) < 4.78 is 19.0. The molecular formula is C16H21FN2O3. The van der Waals surface area contributed by atoms with E-state index in [9.17, 15) is 14.0 Å². The van der Waals surface area contributed by atoms with Crippen molar-refractivity contribution in [1.82, 2.24) is 10.6 Å². The highest BCUT2D eigenvalue weighted by atomic mass is 19.1. The van der Waals surface area contributed by atoms with Gasteiger partial charge in [-0.05, 0) is 18.4 Å². The van der Waals surface area contributed by atoms with Crippen LogP contribution in [-0.4, -0.2) is 31.0 Å². The molecule has 0 saturated heterocycles. The second-order valence-electron chi connectivity index (χ2n) is 5.84. The molecule has 1 aromatic carbocycles. The molecule has 6 heteroatoms. The Morgan fingerprint density at radius 2 is 2.14 bits per heavy atom. The lowest BCUT2D eigenvalue weighted by molar-refractivity contribution is -0.132. The van der Waals surface area contributed by atoms with Crippen LogP contribution in [0.1, 0.15) is 25.8 Å². The summed E-state index contributed by atoms with van der Waals surface area (Å²) >= 11 is 0. The molecule has 0 radical (unpaired) electrons. The van der Waals surface area contributed by atoms with Crippen LogP contribution >= 0.6 is 0 Å². The molecule has 0 saturated carbocycles. The lowest BCUT2D eigenvalue weighted by Crippen LogP contribution is -2.50. The van der Waals surface area contributed by atoms with Crippen molar-refractivity contribution < 1.29 is 18.7 Å². The van der Waals surface area contributed by atoms with E-state index in [0.717, 1.165) is 0 Å². The van der Waals surface area contributed by atoms with Gasteiger partial charge in [0.25, 0.3) is 5.91 Å². The molecular weight excluding hydrogens is 287 g/mol. The molecule has 2 N–H and O–H groups in total. The highest BCUT2D eigenvalue weighted by Crippen LogP contribution is 2.31. The van der Waals surface area contributed by atoms with E-state index in [4.69, 9.17) is 4.74 Å². The van der Waals surface area contributed by atoms with E-state index in [1.807, 2.05) is 13.8 Å². The molecule has 0 unspecified atom stereocenters. The van der Waals surface area contributed by atoms with Gasteiger partial charge in [0.05, 0.1) is 0 Å². The number of carbonyl (C=O) groups excluding carboxylic acids is 2. The fraction of sp³-hybridized carbons (Fsp3) is 0.500. The normalized spacial score (nSPS) is 17.6. The molecule has 22 heavy (non-hydrogen) atoms. The minimum atomic E-state index is -0.800. The first-order valence-electron chi connectivity index (χ1n) is 7.38. The zero-order valence-corrected chi connectivity index (χ0v) is 13.0. The van der Waals surface area contributed by atoms with Crippen molar-refractivity contribution in [2.75, 3.05) is 7.05 Å². The number of halogens is 1. The minimum Gasteiger partial charge on any atom is -0.477 e. The van der Waals surface area contributed by atoms with Crippen LogP contribution in [0.25, 0.3) is 0 Å². The zero-order valence-electron chi connectivity index (χ0n) is 13.0. The van der Waals surface area contributed by atoms with Crippen LogP contribution in [0.15, 0.2) is 18.2 Å². The van der Waals surface area contributed by atoms with Gasteiger partial charge in [-0.3, -0.25) is 9.59 Å². The first-order valence-corrected chi connectivity index (χ1v) is 7.38. The lowest BCUT2D eigenvalue weighted by atomic mass is 10.0. The monoisotopic (exact) mass is 308 g/mol. The van der Waals surface area contributed by atoms with E-state index in [0.29, 0.717) is 18.4 Å². The number of hydrogen-bond acceptors (Lipinski definition) is 3. The predicted octanol–water partition coefficient (Wildman–Crippen LogP) is 1.41. The van der Waals surface area contributed by atoms with Crippen LogP contribution < -0.4 is 15.4 Å². The fourth-order valence-corrected chi connectivity index (χ4v) is 2.52. The maximum atomic E-state index is 13.6. The third-order valence-corrected chi connectivity index (χ3v) is 3.59. The van der Waals surface area contributed by atoms with Crippen LogP contribution in [-0.2, 0) is 16.0 Å². The van der Waals surface area contributed by atoms with E-state index in [1.54, 1.807) is 12.1 Å². The third-order valence-electron chi connectivity index (χ3n) is 3.59. The van der Waals surface area contributed by atoms with Gasteiger partial charge in [0, 0.05) is 19.0 Å². The van der Waals surface area contributed by atoms with E-state index in [-0.39, 0.29) is 17.6 Å². The summed E-state index contributed by atoms with van der Waals surface area (Å²) in [6.07, 6.45) is 0.0340. The summed E-state index contributed by atoms with van der Waals surface area (Å²) in [4.78, 5) is 24.1. The van der Waals surface area contributed by atoms with Crippen LogP contribution in [0.2, 0.25) is 0 Å². The van der Waals surface area contributed by atoms with Gasteiger partial charge in [-0.1, -0.05) is 26.0 Å². The maximum absolute atomic E-state index is 13.6. The largest absolute Gasteiger partial charge is 0.477 e. The predicted molar refractivity (Wildman–Crippen MR) is 80.0 cm³/mol. The van der Waals surface area contributed by atoms with Gasteiger partial charge < -0.3 is 15.4 Å². The van der Waals surface area contributed by atoms with Gasteiger partial charge in [0.1, 0.15) is 6.04 Å². The van der Waals surface area contributed by atoms with E-state index in [1.165, 1.54) is 13.1 Å². The molecule has 1 aromatic rings. The zero-order chi connectivity index (χ0) is 16.3. The molecule has 0 fully saturated rings. The Bertz CT molecular complexity index is 575. The Labute approximate surface area is 129 Å². The minimum absolute atomic E-state index is 0.128. The number of benzene rings is 1. The summed E-state index contributed by atoms with van der Waals surface area (Å²) in [6.45, 7) is 3.94. The van der Waals surface area contributed by atoms with Gasteiger partial charge >= 0.3 is 0 Å². The molecule has 1 heterocycles. The smallest absolute Gasteiger partial charge is 0.262 e. The number of para-hydroxylation sites is 1. The van der Waals surface area contributed by atoms with E-state index >= 15 is 0 Å². The van der Waals surface area contributed by atoms with Crippen LogP contribution in [0.3, 0.4) is 0 Å². The number of ether oxygens (including phenoxy) is 1. The SMILES string of the molecule is CNC(=O)[C@@H](CC(C)C)NC(=O)[C@H]1Cc2cccc(F)c2O1. The van der Waals surface area contributed by atoms with Crippen molar-refractivity contribution in [1.29, 1.82) is 0 Å². The molecule has 2 rings (SSSR count). The second kappa shape index (κ2) is 6.77. The molecule has 0 aromatic heterocycles. The second-order valence-corrected chi connectivity index (χ2v) is 5.84. The standard InChI is InChI=1S/C16H21FN2O3/c1-9(2)7-12(15(20)18-3)19-16(21)13-8-10-5-4-6-11(17)14(10)22-13/h4-6,9,12-13H,7-8H2,1-3H3,(H,18,20)(H,19,21)/t12-,13-/m1/s1. The third kappa shape index (κ3) is 3.55. The van der Waals surface area contributed by atoms with Gasteiger partial charge in [-0.25, -0.2) is 4.39 Å². The molecule has 0 bridgehead atoms. The Morgan fingerprint density at radius 1 is 1.41 bits per heavy atom. The number of hydrogen-bond donors (Lipinski definition) is 2. The topological polar surface area (TPSA) is 67.4 Å². The Kier molecular flexibility index (Phi) is 5.00. The molecule has 2 amide bonds. The Balaban J connectivity index is 2.03. The highest BCUT2D eigenvalue weighted by molar-refractivity contribution is 5.89. The van der Waals surface area contributed by atoms with Crippen molar-refractivity contribution in [2.24, 2.45) is 5.92 Å². The van der Waals surface area contributed by atoms with Crippen molar-refractivity contribution in [2.45, 2.75) is 38.8 Å². The Morgan fingerprint density at radius 3 is 2.73 bits per heavy atom. The molecule has 0 spiro atoms. The first kappa shape index (κ1) is 16.3. The Hall–Kier alpha value is -2.11. The molecule has 1 aliphatic rings. The number of amides is 2. The average molecular weight is 308 g/mol. The van der Waals surface area contributed by atoms with Gasteiger partial charge in [0.2, 0.25) is 5.91 Å². The van der Waals surface area contributed by atoms with Crippen molar-refractivity contribution in [3.63, 3.8) is 0 Å². The molecule has 1 aliphatic heterocycles. The van der Waals surface area contributed by atoms with Crippen molar-refractivity contribution >= 4 is 11.8 Å². The van der Waals surface area contributed by atoms with Crippen LogP contribution in [0, 0.1) is 11.7 Å². The summed E-state index contributed by atoms with van der Waals surface area (Å²) in [7, 11) is 1.53. The summed E-state index contributed by atoms with van der Waals surface area (Å²) in [5, 5.41) is 5.24. The summed E-state index contributed by atoms with van der Waals surface area (Å²) in [6, 6.07) is 4.00.